The van der Waals surface area contributed by atoms with Crippen molar-refractivity contribution >= 4 is 5.91 Å². The van der Waals surface area contributed by atoms with E-state index in [1.165, 1.54) is 0 Å². The minimum Gasteiger partial charge on any atom is -0.508 e. The van der Waals surface area contributed by atoms with E-state index < -0.39 is 0 Å². The van der Waals surface area contributed by atoms with Crippen LogP contribution in [0.1, 0.15) is 18.4 Å². The van der Waals surface area contributed by atoms with Gasteiger partial charge in [0.15, 0.2) is 0 Å². The molecule has 21 heavy (non-hydrogen) atoms. The van der Waals surface area contributed by atoms with E-state index in [4.69, 9.17) is 5.73 Å². The summed E-state index contributed by atoms with van der Waals surface area (Å²) in [5, 5.41) is 9.46. The molecule has 1 amide bonds. The molecule has 2 rings (SSSR count). The average molecular weight is 291 g/mol. The first-order valence-electron chi connectivity index (χ1n) is 7.67. The Kier molecular flexibility index (Phi) is 6.02. The van der Waals surface area contributed by atoms with E-state index in [0.29, 0.717) is 6.42 Å². The van der Waals surface area contributed by atoms with Crippen LogP contribution in [-0.4, -0.2) is 60.1 Å². The Hall–Kier alpha value is -1.59. The van der Waals surface area contributed by atoms with Gasteiger partial charge in [0, 0.05) is 19.6 Å². The number of hydrogen-bond donors (Lipinski definition) is 2. The van der Waals surface area contributed by atoms with Gasteiger partial charge in [0.25, 0.3) is 0 Å². The Balaban J connectivity index is 1.85. The largest absolute Gasteiger partial charge is 0.508 e. The zero-order valence-corrected chi connectivity index (χ0v) is 12.5. The number of aromatic hydroxyl groups is 1. The van der Waals surface area contributed by atoms with Crippen molar-refractivity contribution in [1.82, 2.24) is 9.80 Å². The maximum absolute atomic E-state index is 12.4. The van der Waals surface area contributed by atoms with E-state index in [1.807, 2.05) is 11.0 Å². The third kappa shape index (κ3) is 5.02. The minimum absolute atomic E-state index is 0.140. The highest BCUT2D eigenvalue weighted by Crippen LogP contribution is 2.13. The van der Waals surface area contributed by atoms with Crippen LogP contribution >= 0.6 is 0 Å². The zero-order chi connectivity index (χ0) is 15.1. The zero-order valence-electron chi connectivity index (χ0n) is 12.5. The Morgan fingerprint density at radius 2 is 2.10 bits per heavy atom. The number of carbonyl (C=O) groups excluding carboxylic acids is 1. The van der Waals surface area contributed by atoms with E-state index in [2.05, 4.69) is 4.90 Å². The van der Waals surface area contributed by atoms with Crippen molar-refractivity contribution in [3.05, 3.63) is 29.8 Å². The van der Waals surface area contributed by atoms with Crippen molar-refractivity contribution < 1.29 is 9.90 Å². The van der Waals surface area contributed by atoms with Crippen molar-refractivity contribution in [2.75, 3.05) is 39.3 Å². The molecule has 0 radical (unpaired) electrons. The molecule has 0 spiro atoms. The lowest BCUT2D eigenvalue weighted by atomic mass is 10.1. The molecular weight excluding hydrogens is 266 g/mol. The highest BCUT2D eigenvalue weighted by atomic mass is 16.3. The number of amides is 1. The molecule has 0 aromatic heterocycles. The molecule has 0 saturated carbocycles. The fraction of sp³-hybridized carbons (Fsp3) is 0.562. The number of rotatable bonds is 5. The number of nitrogens with zero attached hydrogens (tertiary/aromatic N) is 2. The second-order valence-corrected chi connectivity index (χ2v) is 5.56. The molecule has 5 heteroatoms. The van der Waals surface area contributed by atoms with Crippen molar-refractivity contribution in [3.63, 3.8) is 0 Å². The molecule has 1 aliphatic rings. The van der Waals surface area contributed by atoms with Crippen molar-refractivity contribution in [1.29, 1.82) is 0 Å². The van der Waals surface area contributed by atoms with E-state index in [0.717, 1.165) is 57.7 Å². The van der Waals surface area contributed by atoms with Gasteiger partial charge < -0.3 is 20.6 Å². The summed E-state index contributed by atoms with van der Waals surface area (Å²) in [6.45, 7) is 5.29. The summed E-state index contributed by atoms with van der Waals surface area (Å²) in [7, 11) is 0. The van der Waals surface area contributed by atoms with Crippen LogP contribution in [0.5, 0.6) is 5.75 Å². The summed E-state index contributed by atoms with van der Waals surface area (Å²) in [6, 6.07) is 6.93. The Morgan fingerprint density at radius 3 is 2.86 bits per heavy atom. The summed E-state index contributed by atoms with van der Waals surface area (Å²) in [6.07, 6.45) is 2.38. The first-order chi connectivity index (χ1) is 10.2. The summed E-state index contributed by atoms with van der Waals surface area (Å²) in [5.74, 6) is 0.352. The summed E-state index contributed by atoms with van der Waals surface area (Å²) in [5.41, 5.74) is 6.41. The average Bonchev–Trinajstić information content (AvgIpc) is 2.70. The molecule has 116 valence electrons. The van der Waals surface area contributed by atoms with Gasteiger partial charge in [-0.1, -0.05) is 12.1 Å². The quantitative estimate of drug-likeness (QED) is 0.842. The summed E-state index contributed by atoms with van der Waals surface area (Å²) >= 11 is 0. The molecule has 0 unspecified atom stereocenters. The molecule has 1 aromatic rings. The van der Waals surface area contributed by atoms with Gasteiger partial charge in [-0.05, 0) is 50.2 Å². The van der Waals surface area contributed by atoms with Crippen molar-refractivity contribution in [2.24, 2.45) is 5.73 Å². The maximum atomic E-state index is 12.4. The number of hydrogen-bond acceptors (Lipinski definition) is 4. The summed E-state index contributed by atoms with van der Waals surface area (Å²) < 4.78 is 0. The van der Waals surface area contributed by atoms with Crippen LogP contribution in [0.4, 0.5) is 0 Å². The Labute approximate surface area is 126 Å². The number of carbonyl (C=O) groups is 1. The van der Waals surface area contributed by atoms with Crippen LogP contribution in [0, 0.1) is 0 Å². The van der Waals surface area contributed by atoms with E-state index in [9.17, 15) is 9.90 Å². The molecule has 0 aliphatic carbocycles. The highest BCUT2D eigenvalue weighted by Gasteiger charge is 2.18. The molecule has 0 bridgehead atoms. The topological polar surface area (TPSA) is 69.8 Å². The standard InChI is InChI=1S/C16H25N3O2/c17-6-2-7-18-8-3-9-19(11-10-18)16(21)13-14-4-1-5-15(20)12-14/h1,4-5,12,20H,2-3,6-11,13,17H2. The molecule has 1 aromatic carbocycles. The number of phenols is 1. The van der Waals surface area contributed by atoms with Gasteiger partial charge in [0.05, 0.1) is 6.42 Å². The number of nitrogens with two attached hydrogens (primary N) is 1. The summed E-state index contributed by atoms with van der Waals surface area (Å²) in [4.78, 5) is 16.7. The van der Waals surface area contributed by atoms with Gasteiger partial charge in [-0.2, -0.15) is 0 Å². The first-order valence-corrected chi connectivity index (χ1v) is 7.67. The predicted molar refractivity (Wildman–Crippen MR) is 83.1 cm³/mol. The van der Waals surface area contributed by atoms with Gasteiger partial charge in [-0.15, -0.1) is 0 Å². The normalized spacial score (nSPS) is 16.7. The van der Waals surface area contributed by atoms with E-state index in [-0.39, 0.29) is 11.7 Å². The smallest absolute Gasteiger partial charge is 0.227 e. The molecular formula is C16H25N3O2. The fourth-order valence-electron chi connectivity index (χ4n) is 2.71. The van der Waals surface area contributed by atoms with E-state index >= 15 is 0 Å². The SMILES string of the molecule is NCCCN1CCCN(C(=O)Cc2cccc(O)c2)CC1. The molecule has 1 aliphatic heterocycles. The second-order valence-electron chi connectivity index (χ2n) is 5.56. The van der Waals surface area contributed by atoms with Gasteiger partial charge in [0.1, 0.15) is 5.75 Å². The van der Waals surface area contributed by atoms with Crippen molar-refractivity contribution in [3.8, 4) is 5.75 Å². The van der Waals surface area contributed by atoms with E-state index in [1.54, 1.807) is 18.2 Å². The molecule has 1 heterocycles. The Morgan fingerprint density at radius 1 is 1.24 bits per heavy atom. The van der Waals surface area contributed by atoms with Crippen LogP contribution in [0.2, 0.25) is 0 Å². The molecule has 1 fully saturated rings. The number of benzene rings is 1. The lowest BCUT2D eigenvalue weighted by Crippen LogP contribution is -2.36. The maximum Gasteiger partial charge on any atom is 0.227 e. The van der Waals surface area contributed by atoms with Gasteiger partial charge in [0.2, 0.25) is 5.91 Å². The molecule has 5 nitrogen and oxygen atoms in total. The first kappa shape index (κ1) is 15.8. The second kappa shape index (κ2) is 8.00. The number of phenolic OH excluding ortho intramolecular Hbond substituents is 1. The van der Waals surface area contributed by atoms with Gasteiger partial charge in [-0.25, -0.2) is 0 Å². The van der Waals surface area contributed by atoms with Gasteiger partial charge in [-0.3, -0.25) is 4.79 Å². The minimum atomic E-state index is 0.140. The van der Waals surface area contributed by atoms with Crippen LogP contribution in [0.15, 0.2) is 24.3 Å². The molecule has 1 saturated heterocycles. The van der Waals surface area contributed by atoms with Crippen LogP contribution in [0.3, 0.4) is 0 Å². The molecule has 0 atom stereocenters. The third-order valence-corrected chi connectivity index (χ3v) is 3.89. The Bertz CT molecular complexity index is 465. The lowest BCUT2D eigenvalue weighted by molar-refractivity contribution is -0.130. The van der Waals surface area contributed by atoms with Crippen molar-refractivity contribution in [2.45, 2.75) is 19.3 Å². The fourth-order valence-corrected chi connectivity index (χ4v) is 2.71. The predicted octanol–water partition coefficient (Wildman–Crippen LogP) is 0.818. The van der Waals surface area contributed by atoms with Gasteiger partial charge >= 0.3 is 0 Å². The van der Waals surface area contributed by atoms with Crippen LogP contribution in [-0.2, 0) is 11.2 Å². The van der Waals surface area contributed by atoms with Crippen LogP contribution in [0.25, 0.3) is 0 Å². The third-order valence-electron chi connectivity index (χ3n) is 3.89. The van der Waals surface area contributed by atoms with Crippen LogP contribution < -0.4 is 5.73 Å². The monoisotopic (exact) mass is 291 g/mol. The lowest BCUT2D eigenvalue weighted by Gasteiger charge is -2.22. The highest BCUT2D eigenvalue weighted by molar-refractivity contribution is 5.78. The molecule has 3 N–H and O–H groups in total.